The molecule has 0 spiro atoms. The second-order valence-electron chi connectivity index (χ2n) is 6.56. The third-order valence-electron chi connectivity index (χ3n) is 4.21. The van der Waals surface area contributed by atoms with Crippen LogP contribution in [0.4, 0.5) is 24.9 Å². The number of aromatic nitrogens is 2. The van der Waals surface area contributed by atoms with Gasteiger partial charge in [-0.3, -0.25) is 4.79 Å². The topological polar surface area (TPSA) is 96.4 Å². The number of aryl methyl sites for hydroxylation is 1. The Labute approximate surface area is 175 Å². The van der Waals surface area contributed by atoms with Crippen molar-refractivity contribution in [2.24, 2.45) is 0 Å². The average Bonchev–Trinajstić information content (AvgIpc) is 2.70. The SMILES string of the molecule is Cc1ccccc1CNc1cc(-c2cccc(OC(F)(F)F)c2)nc(NCC(=O)O)n1. The van der Waals surface area contributed by atoms with Crippen LogP contribution in [0.5, 0.6) is 5.75 Å². The largest absolute Gasteiger partial charge is 0.573 e. The highest BCUT2D eigenvalue weighted by Gasteiger charge is 2.31. The van der Waals surface area contributed by atoms with E-state index < -0.39 is 24.6 Å². The maximum atomic E-state index is 12.6. The Hall–Kier alpha value is -3.82. The lowest BCUT2D eigenvalue weighted by Gasteiger charge is -2.13. The van der Waals surface area contributed by atoms with Crippen LogP contribution in [0, 0.1) is 6.92 Å². The Bertz CT molecular complexity index is 1070. The van der Waals surface area contributed by atoms with E-state index in [9.17, 15) is 18.0 Å². The van der Waals surface area contributed by atoms with Crippen molar-refractivity contribution in [3.05, 3.63) is 65.7 Å². The van der Waals surface area contributed by atoms with Crippen LogP contribution in [-0.4, -0.2) is 34.0 Å². The molecule has 3 rings (SSSR count). The number of aliphatic carboxylic acids is 1. The highest BCUT2D eigenvalue weighted by molar-refractivity contribution is 5.72. The summed E-state index contributed by atoms with van der Waals surface area (Å²) in [6.07, 6.45) is -4.82. The van der Waals surface area contributed by atoms with E-state index in [1.807, 2.05) is 31.2 Å². The second-order valence-corrected chi connectivity index (χ2v) is 6.56. The molecule has 3 aromatic rings. The van der Waals surface area contributed by atoms with E-state index in [4.69, 9.17) is 5.11 Å². The number of anilines is 2. The summed E-state index contributed by atoms with van der Waals surface area (Å²) < 4.78 is 41.6. The van der Waals surface area contributed by atoms with E-state index in [-0.39, 0.29) is 5.95 Å². The number of ether oxygens (including phenoxy) is 1. The van der Waals surface area contributed by atoms with Crippen LogP contribution >= 0.6 is 0 Å². The Balaban J connectivity index is 1.91. The minimum Gasteiger partial charge on any atom is -0.480 e. The molecule has 162 valence electrons. The second kappa shape index (κ2) is 9.33. The van der Waals surface area contributed by atoms with E-state index >= 15 is 0 Å². The van der Waals surface area contributed by atoms with Crippen molar-refractivity contribution < 1.29 is 27.8 Å². The zero-order valence-electron chi connectivity index (χ0n) is 16.4. The number of carbonyl (C=O) groups is 1. The van der Waals surface area contributed by atoms with Gasteiger partial charge in [-0.15, -0.1) is 13.2 Å². The molecule has 10 heteroatoms. The average molecular weight is 432 g/mol. The zero-order chi connectivity index (χ0) is 22.4. The first-order chi connectivity index (χ1) is 14.7. The number of benzene rings is 2. The van der Waals surface area contributed by atoms with Gasteiger partial charge in [0.05, 0.1) is 5.69 Å². The van der Waals surface area contributed by atoms with Gasteiger partial charge in [0.15, 0.2) is 0 Å². The van der Waals surface area contributed by atoms with Gasteiger partial charge in [-0.05, 0) is 30.2 Å². The van der Waals surface area contributed by atoms with E-state index in [1.54, 1.807) is 12.1 Å². The van der Waals surface area contributed by atoms with Crippen LogP contribution in [0.1, 0.15) is 11.1 Å². The number of nitrogens with zero attached hydrogens (tertiary/aromatic N) is 2. The molecule has 0 fully saturated rings. The number of carboxylic acids is 1. The molecule has 1 aromatic heterocycles. The van der Waals surface area contributed by atoms with Gasteiger partial charge in [0.2, 0.25) is 5.95 Å². The van der Waals surface area contributed by atoms with Crippen molar-refractivity contribution >= 4 is 17.7 Å². The van der Waals surface area contributed by atoms with Crippen molar-refractivity contribution in [2.45, 2.75) is 19.8 Å². The van der Waals surface area contributed by atoms with E-state index in [2.05, 4.69) is 25.3 Å². The van der Waals surface area contributed by atoms with Crippen LogP contribution in [-0.2, 0) is 11.3 Å². The molecule has 7 nitrogen and oxygen atoms in total. The Morgan fingerprint density at radius 2 is 1.84 bits per heavy atom. The molecule has 0 aliphatic carbocycles. The van der Waals surface area contributed by atoms with Gasteiger partial charge in [0, 0.05) is 18.2 Å². The summed E-state index contributed by atoms with van der Waals surface area (Å²) >= 11 is 0. The molecule has 0 amide bonds. The van der Waals surface area contributed by atoms with Crippen molar-refractivity contribution in [1.82, 2.24) is 9.97 Å². The monoisotopic (exact) mass is 432 g/mol. The van der Waals surface area contributed by atoms with Crippen LogP contribution < -0.4 is 15.4 Å². The van der Waals surface area contributed by atoms with Gasteiger partial charge in [-0.1, -0.05) is 36.4 Å². The van der Waals surface area contributed by atoms with Crippen molar-refractivity contribution in [1.29, 1.82) is 0 Å². The Morgan fingerprint density at radius 3 is 2.55 bits per heavy atom. The number of rotatable bonds is 8. The van der Waals surface area contributed by atoms with Crippen LogP contribution in [0.25, 0.3) is 11.3 Å². The lowest BCUT2D eigenvalue weighted by Crippen LogP contribution is -2.17. The predicted molar refractivity (Wildman–Crippen MR) is 109 cm³/mol. The van der Waals surface area contributed by atoms with Crippen molar-refractivity contribution in [3.8, 4) is 17.0 Å². The first-order valence-electron chi connectivity index (χ1n) is 9.19. The maximum absolute atomic E-state index is 12.6. The smallest absolute Gasteiger partial charge is 0.480 e. The summed E-state index contributed by atoms with van der Waals surface area (Å²) in [5.74, 6) is -1.10. The number of carboxylic acid groups (broad SMARTS) is 1. The summed E-state index contributed by atoms with van der Waals surface area (Å²) in [6, 6.07) is 14.7. The third kappa shape index (κ3) is 6.59. The molecule has 0 aliphatic rings. The highest BCUT2D eigenvalue weighted by atomic mass is 19.4. The number of alkyl halides is 3. The lowest BCUT2D eigenvalue weighted by molar-refractivity contribution is -0.274. The molecule has 0 radical (unpaired) electrons. The number of hydrogen-bond acceptors (Lipinski definition) is 6. The van der Waals surface area contributed by atoms with Crippen molar-refractivity contribution in [3.63, 3.8) is 0 Å². The normalized spacial score (nSPS) is 11.1. The van der Waals surface area contributed by atoms with Gasteiger partial charge in [-0.2, -0.15) is 4.98 Å². The summed E-state index contributed by atoms with van der Waals surface area (Å²) in [5.41, 5.74) is 2.75. The first kappa shape index (κ1) is 21.9. The van der Waals surface area contributed by atoms with Crippen LogP contribution in [0.3, 0.4) is 0 Å². The van der Waals surface area contributed by atoms with Crippen LogP contribution in [0.15, 0.2) is 54.6 Å². The lowest BCUT2D eigenvalue weighted by atomic mass is 10.1. The number of halogens is 3. The first-order valence-corrected chi connectivity index (χ1v) is 9.19. The fourth-order valence-electron chi connectivity index (χ4n) is 2.77. The molecular formula is C21H19F3N4O3. The van der Waals surface area contributed by atoms with E-state index in [0.717, 1.165) is 11.1 Å². The van der Waals surface area contributed by atoms with Crippen LogP contribution in [0.2, 0.25) is 0 Å². The predicted octanol–water partition coefficient (Wildman–Crippen LogP) is 4.46. The standard InChI is InChI=1S/C21H19F3N4O3/c1-13-5-2-3-6-15(13)11-25-18-10-17(27-20(28-18)26-12-19(29)30)14-7-4-8-16(9-14)31-21(22,23)24/h2-10H,11-12H2,1H3,(H,29,30)(H2,25,26,27,28). The van der Waals surface area contributed by atoms with Gasteiger partial charge in [0.1, 0.15) is 18.1 Å². The summed E-state index contributed by atoms with van der Waals surface area (Å²) in [6.45, 7) is 1.99. The fourth-order valence-corrected chi connectivity index (χ4v) is 2.77. The quantitative estimate of drug-likeness (QED) is 0.484. The van der Waals surface area contributed by atoms with Gasteiger partial charge < -0.3 is 20.5 Å². The van der Waals surface area contributed by atoms with E-state index in [0.29, 0.717) is 23.6 Å². The molecule has 0 bridgehead atoms. The fraction of sp³-hybridized carbons (Fsp3) is 0.190. The van der Waals surface area contributed by atoms with Crippen molar-refractivity contribution in [2.75, 3.05) is 17.2 Å². The molecule has 3 N–H and O–H groups in total. The minimum atomic E-state index is -4.82. The molecule has 1 heterocycles. The summed E-state index contributed by atoms with van der Waals surface area (Å²) in [4.78, 5) is 19.4. The maximum Gasteiger partial charge on any atom is 0.573 e. The summed E-state index contributed by atoms with van der Waals surface area (Å²) in [7, 11) is 0. The number of hydrogen-bond donors (Lipinski definition) is 3. The van der Waals surface area contributed by atoms with Gasteiger partial charge in [-0.25, -0.2) is 4.98 Å². The minimum absolute atomic E-state index is 0.0225. The number of nitrogens with one attached hydrogen (secondary N) is 2. The third-order valence-corrected chi connectivity index (χ3v) is 4.21. The molecule has 0 atom stereocenters. The highest BCUT2D eigenvalue weighted by Crippen LogP contribution is 2.28. The Kier molecular flexibility index (Phi) is 6.58. The molecule has 0 unspecified atom stereocenters. The van der Waals surface area contributed by atoms with Gasteiger partial charge in [0.25, 0.3) is 0 Å². The zero-order valence-corrected chi connectivity index (χ0v) is 16.4. The molecule has 0 saturated carbocycles. The molecule has 0 saturated heterocycles. The molecular weight excluding hydrogens is 413 g/mol. The molecule has 0 aliphatic heterocycles. The van der Waals surface area contributed by atoms with E-state index in [1.165, 1.54) is 18.2 Å². The Morgan fingerprint density at radius 1 is 1.06 bits per heavy atom. The summed E-state index contributed by atoms with van der Waals surface area (Å²) in [5, 5.41) is 14.6. The van der Waals surface area contributed by atoms with Gasteiger partial charge >= 0.3 is 12.3 Å². The molecule has 2 aromatic carbocycles. The molecule has 31 heavy (non-hydrogen) atoms.